The van der Waals surface area contributed by atoms with E-state index in [4.69, 9.17) is 0 Å². The van der Waals surface area contributed by atoms with Crippen molar-refractivity contribution in [3.8, 4) is 28.1 Å². The van der Waals surface area contributed by atoms with Crippen LogP contribution >= 0.6 is 0 Å². The fourth-order valence-corrected chi connectivity index (χ4v) is 3.22. The van der Waals surface area contributed by atoms with E-state index in [1.54, 1.807) is 42.2 Å². The summed E-state index contributed by atoms with van der Waals surface area (Å²) in [7, 11) is 1.58. The Morgan fingerprint density at radius 2 is 1.69 bits per heavy atom. The van der Waals surface area contributed by atoms with Crippen molar-refractivity contribution in [3.63, 3.8) is 0 Å². The number of carbonyl (C=O) groups is 1. The number of nitrogens with zero attached hydrogens (tertiary/aromatic N) is 2. The van der Waals surface area contributed by atoms with Gasteiger partial charge in [0, 0.05) is 41.8 Å². The third-order valence-electron chi connectivity index (χ3n) is 4.68. The monoisotopic (exact) mass is 381 g/mol. The Morgan fingerprint density at radius 1 is 0.897 bits per heavy atom. The van der Waals surface area contributed by atoms with E-state index in [-0.39, 0.29) is 11.5 Å². The van der Waals surface area contributed by atoms with E-state index in [0.717, 1.165) is 16.9 Å². The van der Waals surface area contributed by atoms with Gasteiger partial charge in [-0.15, -0.1) is 0 Å². The summed E-state index contributed by atoms with van der Waals surface area (Å²) >= 11 is 0. The van der Waals surface area contributed by atoms with Crippen molar-refractivity contribution in [1.82, 2.24) is 14.9 Å². The summed E-state index contributed by atoms with van der Waals surface area (Å²) in [5.74, 6) is -0.198. The van der Waals surface area contributed by atoms with Gasteiger partial charge < -0.3 is 5.32 Å². The Labute approximate surface area is 168 Å². The summed E-state index contributed by atoms with van der Waals surface area (Å²) in [6.45, 7) is 0. The number of hydrogen-bond donors (Lipinski definition) is 1. The molecule has 0 fully saturated rings. The van der Waals surface area contributed by atoms with E-state index in [2.05, 4.69) is 10.3 Å². The Hall–Kier alpha value is -3.99. The van der Waals surface area contributed by atoms with Gasteiger partial charge in [-0.2, -0.15) is 0 Å². The van der Waals surface area contributed by atoms with Crippen molar-refractivity contribution in [2.24, 2.45) is 0 Å². The van der Waals surface area contributed by atoms with Crippen LogP contribution in [0.25, 0.3) is 28.1 Å². The van der Waals surface area contributed by atoms with Gasteiger partial charge in [-0.1, -0.05) is 36.4 Å². The normalized spacial score (nSPS) is 10.5. The van der Waals surface area contributed by atoms with Gasteiger partial charge in [-0.25, -0.2) is 0 Å². The highest BCUT2D eigenvalue weighted by Gasteiger charge is 2.13. The molecule has 2 heterocycles. The number of nitrogens with one attached hydrogen (secondary N) is 1. The lowest BCUT2D eigenvalue weighted by molar-refractivity contribution is 0.0963. The summed E-state index contributed by atoms with van der Waals surface area (Å²) in [6.07, 6.45) is 3.52. The van der Waals surface area contributed by atoms with Gasteiger partial charge >= 0.3 is 0 Å². The van der Waals surface area contributed by atoms with E-state index in [9.17, 15) is 9.59 Å². The van der Waals surface area contributed by atoms with Crippen molar-refractivity contribution >= 4 is 5.91 Å². The number of para-hydroxylation sites is 1. The lowest BCUT2D eigenvalue weighted by Gasteiger charge is -2.13. The topological polar surface area (TPSA) is 64.0 Å². The number of aromatic nitrogens is 2. The van der Waals surface area contributed by atoms with E-state index in [1.165, 1.54) is 0 Å². The highest BCUT2D eigenvalue weighted by Crippen LogP contribution is 2.24. The van der Waals surface area contributed by atoms with Gasteiger partial charge in [0.1, 0.15) is 0 Å². The zero-order chi connectivity index (χ0) is 20.2. The van der Waals surface area contributed by atoms with Crippen molar-refractivity contribution in [2.75, 3.05) is 7.05 Å². The highest BCUT2D eigenvalue weighted by atomic mass is 16.1. The van der Waals surface area contributed by atoms with E-state index >= 15 is 0 Å². The molecule has 2 aromatic heterocycles. The summed E-state index contributed by atoms with van der Waals surface area (Å²) in [5.41, 5.74) is 3.86. The molecule has 0 unspecified atom stereocenters. The number of carbonyl (C=O) groups excluding carboxylic acids is 1. The van der Waals surface area contributed by atoms with Gasteiger partial charge in [0.25, 0.3) is 11.5 Å². The Bertz CT molecular complexity index is 1220. The maximum absolute atomic E-state index is 13.3. The van der Waals surface area contributed by atoms with Crippen LogP contribution in [0.2, 0.25) is 0 Å². The van der Waals surface area contributed by atoms with Crippen molar-refractivity contribution in [3.05, 3.63) is 107 Å². The average Bonchev–Trinajstić information content (AvgIpc) is 2.80. The highest BCUT2D eigenvalue weighted by molar-refractivity contribution is 5.95. The van der Waals surface area contributed by atoms with Gasteiger partial charge in [0.15, 0.2) is 0 Å². The molecule has 29 heavy (non-hydrogen) atoms. The SMILES string of the molecule is CNC(=O)c1cccc(-c2cc(-c3ccccn3)cn(-c3ccccc3)c2=O)c1. The Kier molecular flexibility index (Phi) is 5.03. The molecule has 5 heteroatoms. The molecule has 1 N–H and O–H groups in total. The maximum Gasteiger partial charge on any atom is 0.262 e. The van der Waals surface area contributed by atoms with Crippen LogP contribution in [0.5, 0.6) is 0 Å². The third-order valence-corrected chi connectivity index (χ3v) is 4.68. The molecule has 0 aliphatic carbocycles. The molecule has 142 valence electrons. The number of rotatable bonds is 4. The van der Waals surface area contributed by atoms with Gasteiger partial charge in [0.2, 0.25) is 0 Å². The molecular formula is C24H19N3O2. The van der Waals surface area contributed by atoms with Crippen LogP contribution in [0, 0.1) is 0 Å². The van der Waals surface area contributed by atoms with Gasteiger partial charge in [-0.05, 0) is 48.0 Å². The summed E-state index contributed by atoms with van der Waals surface area (Å²) in [6, 6.07) is 24.0. The van der Waals surface area contributed by atoms with E-state index in [1.807, 2.05) is 60.7 Å². The number of benzene rings is 2. The first kappa shape index (κ1) is 18.4. The van der Waals surface area contributed by atoms with Crippen LogP contribution in [0.1, 0.15) is 10.4 Å². The fraction of sp³-hybridized carbons (Fsp3) is 0.0417. The molecule has 0 aliphatic rings. The molecule has 0 spiro atoms. The van der Waals surface area contributed by atoms with Crippen LogP contribution < -0.4 is 10.9 Å². The van der Waals surface area contributed by atoms with E-state index < -0.39 is 0 Å². The summed E-state index contributed by atoms with van der Waals surface area (Å²) < 4.78 is 1.62. The Morgan fingerprint density at radius 3 is 2.41 bits per heavy atom. The van der Waals surface area contributed by atoms with Crippen LogP contribution in [0.15, 0.2) is 96.1 Å². The second-order valence-corrected chi connectivity index (χ2v) is 6.53. The molecule has 0 saturated carbocycles. The van der Waals surface area contributed by atoms with Gasteiger partial charge in [-0.3, -0.25) is 19.1 Å². The molecule has 0 radical (unpaired) electrons. The minimum Gasteiger partial charge on any atom is -0.355 e. The maximum atomic E-state index is 13.3. The van der Waals surface area contributed by atoms with Crippen LogP contribution in [-0.4, -0.2) is 22.5 Å². The fourth-order valence-electron chi connectivity index (χ4n) is 3.22. The quantitative estimate of drug-likeness (QED) is 0.583. The first-order chi connectivity index (χ1) is 14.2. The summed E-state index contributed by atoms with van der Waals surface area (Å²) in [4.78, 5) is 29.8. The van der Waals surface area contributed by atoms with Crippen LogP contribution in [0.4, 0.5) is 0 Å². The third kappa shape index (κ3) is 3.71. The number of hydrogen-bond acceptors (Lipinski definition) is 3. The van der Waals surface area contributed by atoms with E-state index in [0.29, 0.717) is 16.7 Å². The predicted octanol–water partition coefficient (Wildman–Crippen LogP) is 3.93. The number of pyridine rings is 2. The number of amides is 1. The average molecular weight is 381 g/mol. The minimum absolute atomic E-state index is 0.162. The molecule has 5 nitrogen and oxygen atoms in total. The zero-order valence-electron chi connectivity index (χ0n) is 15.9. The molecule has 2 aromatic carbocycles. The molecule has 1 amide bonds. The second kappa shape index (κ2) is 7.94. The summed E-state index contributed by atoms with van der Waals surface area (Å²) in [5, 5.41) is 2.62. The first-order valence-corrected chi connectivity index (χ1v) is 9.23. The molecule has 0 aliphatic heterocycles. The first-order valence-electron chi connectivity index (χ1n) is 9.23. The molecule has 4 rings (SSSR count). The molecule has 0 bridgehead atoms. The lowest BCUT2D eigenvalue weighted by atomic mass is 10.0. The van der Waals surface area contributed by atoms with Crippen molar-refractivity contribution in [2.45, 2.75) is 0 Å². The van der Waals surface area contributed by atoms with Crippen molar-refractivity contribution < 1.29 is 4.79 Å². The van der Waals surface area contributed by atoms with Gasteiger partial charge in [0.05, 0.1) is 5.69 Å². The lowest BCUT2D eigenvalue weighted by Crippen LogP contribution is -2.21. The molecule has 0 atom stereocenters. The molecule has 4 aromatic rings. The smallest absolute Gasteiger partial charge is 0.262 e. The second-order valence-electron chi connectivity index (χ2n) is 6.53. The van der Waals surface area contributed by atoms with Crippen LogP contribution in [-0.2, 0) is 0 Å². The minimum atomic E-state index is -0.198. The molecular weight excluding hydrogens is 362 g/mol. The molecule has 0 saturated heterocycles. The largest absolute Gasteiger partial charge is 0.355 e. The zero-order valence-corrected chi connectivity index (χ0v) is 15.9. The van der Waals surface area contributed by atoms with Crippen LogP contribution in [0.3, 0.4) is 0 Å². The van der Waals surface area contributed by atoms with Crippen molar-refractivity contribution in [1.29, 1.82) is 0 Å². The predicted molar refractivity (Wildman–Crippen MR) is 114 cm³/mol. The standard InChI is InChI=1S/C24H19N3O2/c1-25-23(28)18-9-7-8-17(14-18)21-15-19(22-12-5-6-13-26-22)16-27(24(21)29)20-10-3-2-4-11-20/h2-16H,1H3,(H,25,28). The Balaban J connectivity index is 1.97.